The average molecular weight is 231 g/mol. The number of ketones is 1. The van der Waals surface area contributed by atoms with E-state index in [-0.39, 0.29) is 17.2 Å². The van der Waals surface area contributed by atoms with Crippen molar-refractivity contribution in [2.45, 2.75) is 32.7 Å². The minimum absolute atomic E-state index is 0.0534. The van der Waals surface area contributed by atoms with Crippen LogP contribution in [0, 0.1) is 5.92 Å². The Morgan fingerprint density at radius 2 is 1.94 bits per heavy atom. The van der Waals surface area contributed by atoms with Crippen LogP contribution in [0.4, 0.5) is 0 Å². The average Bonchev–Trinajstić information content (AvgIpc) is 2.55. The molecule has 0 heterocycles. The van der Waals surface area contributed by atoms with E-state index in [0.717, 1.165) is 5.56 Å². The molecule has 1 aliphatic rings. The number of carbonyl (C=O) groups is 2. The van der Waals surface area contributed by atoms with Crippen molar-refractivity contribution in [3.05, 3.63) is 35.4 Å². The van der Waals surface area contributed by atoms with E-state index >= 15 is 0 Å². The molecule has 0 aromatic heterocycles. The van der Waals surface area contributed by atoms with Gasteiger partial charge in [0.2, 0.25) is 5.91 Å². The van der Waals surface area contributed by atoms with Crippen molar-refractivity contribution in [3.8, 4) is 0 Å². The van der Waals surface area contributed by atoms with Gasteiger partial charge in [-0.05, 0) is 32.8 Å². The normalized spacial score (nSPS) is 19.0. The van der Waals surface area contributed by atoms with Crippen molar-refractivity contribution in [1.29, 1.82) is 0 Å². The lowest BCUT2D eigenvalue weighted by Gasteiger charge is -2.22. The minimum Gasteiger partial charge on any atom is -0.351 e. The molecule has 1 atom stereocenters. The molecule has 0 aliphatic heterocycles. The maximum absolute atomic E-state index is 12.1. The summed E-state index contributed by atoms with van der Waals surface area (Å²) in [4.78, 5) is 24.1. The zero-order valence-electron chi connectivity index (χ0n) is 10.4. The number of amides is 1. The zero-order chi connectivity index (χ0) is 12.6. The number of hydrogen-bond donors (Lipinski definition) is 1. The van der Waals surface area contributed by atoms with Crippen molar-refractivity contribution in [2.75, 3.05) is 0 Å². The van der Waals surface area contributed by atoms with Crippen molar-refractivity contribution in [1.82, 2.24) is 5.32 Å². The summed E-state index contributed by atoms with van der Waals surface area (Å²) in [6.07, 6.45) is 0.525. The number of Topliss-reactive ketones (excluding diaryl/α,β-unsaturated/α-hetero) is 1. The third-order valence-corrected chi connectivity index (χ3v) is 2.84. The minimum atomic E-state index is -0.549. The summed E-state index contributed by atoms with van der Waals surface area (Å²) in [6, 6.07) is 7.44. The van der Waals surface area contributed by atoms with Crippen LogP contribution in [-0.2, 0) is 11.2 Å². The molecule has 1 unspecified atom stereocenters. The van der Waals surface area contributed by atoms with Crippen molar-refractivity contribution < 1.29 is 9.59 Å². The molecule has 0 bridgehead atoms. The SMILES string of the molecule is CC(C)(C)NC(=O)C1Cc2ccccc2C1=O. The van der Waals surface area contributed by atoms with Crippen LogP contribution in [0.3, 0.4) is 0 Å². The fraction of sp³-hybridized carbons (Fsp3) is 0.429. The molecule has 0 spiro atoms. The number of fused-ring (bicyclic) bond motifs is 1. The monoisotopic (exact) mass is 231 g/mol. The van der Waals surface area contributed by atoms with E-state index in [4.69, 9.17) is 0 Å². The lowest BCUT2D eigenvalue weighted by atomic mass is 10.0. The van der Waals surface area contributed by atoms with E-state index in [1.54, 1.807) is 6.07 Å². The van der Waals surface area contributed by atoms with Gasteiger partial charge in [-0.2, -0.15) is 0 Å². The van der Waals surface area contributed by atoms with Gasteiger partial charge < -0.3 is 5.32 Å². The maximum Gasteiger partial charge on any atom is 0.231 e. The number of carbonyl (C=O) groups excluding carboxylic acids is 2. The van der Waals surface area contributed by atoms with Gasteiger partial charge in [-0.3, -0.25) is 9.59 Å². The van der Waals surface area contributed by atoms with Gasteiger partial charge in [0.05, 0.1) is 0 Å². The predicted molar refractivity (Wildman–Crippen MR) is 65.9 cm³/mol. The lowest BCUT2D eigenvalue weighted by Crippen LogP contribution is -2.45. The van der Waals surface area contributed by atoms with Crippen LogP contribution in [-0.4, -0.2) is 17.2 Å². The smallest absolute Gasteiger partial charge is 0.231 e. The summed E-state index contributed by atoms with van der Waals surface area (Å²) >= 11 is 0. The van der Waals surface area contributed by atoms with Gasteiger partial charge in [-0.15, -0.1) is 0 Å². The van der Waals surface area contributed by atoms with E-state index < -0.39 is 5.92 Å². The molecule has 1 aromatic carbocycles. The van der Waals surface area contributed by atoms with E-state index in [1.165, 1.54) is 0 Å². The van der Waals surface area contributed by atoms with E-state index in [2.05, 4.69) is 5.32 Å². The van der Waals surface area contributed by atoms with Gasteiger partial charge in [0.15, 0.2) is 5.78 Å². The van der Waals surface area contributed by atoms with Crippen molar-refractivity contribution in [3.63, 3.8) is 0 Å². The van der Waals surface area contributed by atoms with Crippen LogP contribution < -0.4 is 5.32 Å². The van der Waals surface area contributed by atoms with Crippen molar-refractivity contribution >= 4 is 11.7 Å². The third kappa shape index (κ3) is 2.38. The fourth-order valence-corrected chi connectivity index (χ4v) is 2.11. The molecule has 0 fully saturated rings. The number of benzene rings is 1. The van der Waals surface area contributed by atoms with E-state index in [1.807, 2.05) is 39.0 Å². The highest BCUT2D eigenvalue weighted by Crippen LogP contribution is 2.26. The van der Waals surface area contributed by atoms with Gasteiger partial charge >= 0.3 is 0 Å². The summed E-state index contributed by atoms with van der Waals surface area (Å²) in [5, 5.41) is 2.87. The molecule has 90 valence electrons. The molecule has 1 N–H and O–H groups in total. The van der Waals surface area contributed by atoms with Crippen molar-refractivity contribution in [2.24, 2.45) is 5.92 Å². The Hall–Kier alpha value is -1.64. The number of rotatable bonds is 1. The Morgan fingerprint density at radius 1 is 1.29 bits per heavy atom. The largest absolute Gasteiger partial charge is 0.351 e. The molecule has 0 saturated carbocycles. The Kier molecular flexibility index (Phi) is 2.77. The number of hydrogen-bond acceptors (Lipinski definition) is 2. The van der Waals surface area contributed by atoms with Crippen LogP contribution >= 0.6 is 0 Å². The van der Waals surface area contributed by atoms with Gasteiger partial charge in [0.1, 0.15) is 5.92 Å². The highest BCUT2D eigenvalue weighted by Gasteiger charge is 2.36. The topological polar surface area (TPSA) is 46.2 Å². The summed E-state index contributed by atoms with van der Waals surface area (Å²) in [7, 11) is 0. The van der Waals surface area contributed by atoms with Crippen LogP contribution in [0.5, 0.6) is 0 Å². The standard InChI is InChI=1S/C14H17NO2/c1-14(2,3)15-13(17)11-8-9-6-4-5-7-10(9)12(11)16/h4-7,11H,8H2,1-3H3,(H,15,17). The third-order valence-electron chi connectivity index (χ3n) is 2.84. The first-order valence-electron chi connectivity index (χ1n) is 5.82. The number of nitrogens with one attached hydrogen (secondary N) is 1. The second-order valence-corrected chi connectivity index (χ2v) is 5.52. The predicted octanol–water partition coefficient (Wildman–Crippen LogP) is 1.96. The molecule has 1 aliphatic carbocycles. The molecule has 1 amide bonds. The van der Waals surface area contributed by atoms with Crippen LogP contribution in [0.25, 0.3) is 0 Å². The van der Waals surface area contributed by atoms with E-state index in [9.17, 15) is 9.59 Å². The first-order chi connectivity index (χ1) is 7.88. The Bertz CT molecular complexity index is 471. The molecular weight excluding hydrogens is 214 g/mol. The zero-order valence-corrected chi connectivity index (χ0v) is 10.4. The molecule has 0 radical (unpaired) electrons. The highest BCUT2D eigenvalue weighted by atomic mass is 16.2. The second kappa shape index (κ2) is 3.99. The van der Waals surface area contributed by atoms with Crippen LogP contribution in [0.15, 0.2) is 24.3 Å². The maximum atomic E-state index is 12.1. The second-order valence-electron chi connectivity index (χ2n) is 5.52. The Morgan fingerprint density at radius 3 is 2.53 bits per heavy atom. The van der Waals surface area contributed by atoms with E-state index in [0.29, 0.717) is 12.0 Å². The lowest BCUT2D eigenvalue weighted by molar-refractivity contribution is -0.124. The molecule has 1 aromatic rings. The summed E-state index contributed by atoms with van der Waals surface area (Å²) in [6.45, 7) is 5.74. The molecule has 2 rings (SSSR count). The van der Waals surface area contributed by atoms with Crippen LogP contribution in [0.2, 0.25) is 0 Å². The molecule has 17 heavy (non-hydrogen) atoms. The summed E-state index contributed by atoms with van der Waals surface area (Å²) in [5.74, 6) is -0.771. The summed E-state index contributed by atoms with van der Waals surface area (Å²) in [5.41, 5.74) is 1.37. The van der Waals surface area contributed by atoms with Gasteiger partial charge in [0.25, 0.3) is 0 Å². The van der Waals surface area contributed by atoms with Gasteiger partial charge in [-0.1, -0.05) is 24.3 Å². The fourth-order valence-electron chi connectivity index (χ4n) is 2.11. The molecule has 3 heteroatoms. The quantitative estimate of drug-likeness (QED) is 0.751. The first kappa shape index (κ1) is 11.8. The van der Waals surface area contributed by atoms with Crippen LogP contribution in [0.1, 0.15) is 36.7 Å². The summed E-state index contributed by atoms with van der Waals surface area (Å²) < 4.78 is 0. The molecule has 0 saturated heterocycles. The van der Waals surface area contributed by atoms with Gasteiger partial charge in [-0.25, -0.2) is 0 Å². The Balaban J connectivity index is 2.18. The Labute approximate surface area is 101 Å². The molecular formula is C14H17NO2. The first-order valence-corrected chi connectivity index (χ1v) is 5.82. The highest BCUT2D eigenvalue weighted by molar-refractivity contribution is 6.13. The molecule has 3 nitrogen and oxygen atoms in total. The van der Waals surface area contributed by atoms with Gasteiger partial charge in [0, 0.05) is 11.1 Å².